The van der Waals surface area contributed by atoms with Crippen LogP contribution in [0.25, 0.3) is 11.0 Å². The SMILES string of the molecule is Cc1c(C(=O)O)c2cccnc2n1C(C)C1CCC(Oc2cnn(C(F)F)c2)CC1. The molecule has 4 rings (SSSR count). The predicted molar refractivity (Wildman–Crippen MR) is 106 cm³/mol. The number of hydrogen-bond donors (Lipinski definition) is 1. The number of aromatic carboxylic acids is 1. The van der Waals surface area contributed by atoms with Gasteiger partial charge in [-0.2, -0.15) is 13.9 Å². The van der Waals surface area contributed by atoms with Crippen LogP contribution in [0.15, 0.2) is 30.7 Å². The molecule has 160 valence electrons. The number of carboxylic acid groups (broad SMARTS) is 1. The number of halogens is 2. The standard InChI is InChI=1S/C21H24F2N4O3/c1-12(27-13(2)18(20(28)29)17-4-3-9-24-19(17)27)14-5-7-15(8-6-14)30-16-10-25-26(11-16)21(22)23/h3-4,9-12,14-15,21H,5-8H2,1-2H3,(H,28,29). The molecule has 0 bridgehead atoms. The van der Waals surface area contributed by atoms with Gasteiger partial charge in [0.15, 0.2) is 5.75 Å². The molecule has 0 amide bonds. The molecule has 3 heterocycles. The van der Waals surface area contributed by atoms with Crippen molar-refractivity contribution in [3.8, 4) is 5.75 Å². The number of alkyl halides is 2. The third kappa shape index (κ3) is 3.64. The van der Waals surface area contributed by atoms with Crippen LogP contribution in [0.3, 0.4) is 0 Å². The number of rotatable bonds is 6. The molecule has 0 aliphatic heterocycles. The second-order valence-corrected chi connectivity index (χ2v) is 7.84. The van der Waals surface area contributed by atoms with E-state index in [0.717, 1.165) is 25.7 Å². The topological polar surface area (TPSA) is 82.2 Å². The smallest absolute Gasteiger partial charge is 0.338 e. The maximum absolute atomic E-state index is 12.7. The Balaban J connectivity index is 1.48. The number of hydrogen-bond acceptors (Lipinski definition) is 4. The summed E-state index contributed by atoms with van der Waals surface area (Å²) in [6.45, 7) is 1.25. The molecule has 1 atom stereocenters. The van der Waals surface area contributed by atoms with Crippen LogP contribution in [0.2, 0.25) is 0 Å². The van der Waals surface area contributed by atoms with E-state index in [-0.39, 0.29) is 12.1 Å². The minimum absolute atomic E-state index is 0.0426. The van der Waals surface area contributed by atoms with Gasteiger partial charge in [0.05, 0.1) is 24.1 Å². The first-order chi connectivity index (χ1) is 14.4. The molecule has 0 spiro atoms. The molecule has 1 aliphatic rings. The molecular weight excluding hydrogens is 394 g/mol. The largest absolute Gasteiger partial charge is 0.487 e. The molecule has 7 nitrogen and oxygen atoms in total. The molecule has 3 aromatic rings. The van der Waals surface area contributed by atoms with Crippen molar-refractivity contribution in [2.24, 2.45) is 5.92 Å². The number of ether oxygens (including phenoxy) is 1. The number of carbonyl (C=O) groups is 1. The van der Waals surface area contributed by atoms with Crippen molar-refractivity contribution in [3.63, 3.8) is 0 Å². The van der Waals surface area contributed by atoms with E-state index in [0.29, 0.717) is 38.6 Å². The Labute approximate surface area is 172 Å². The molecule has 9 heteroatoms. The second-order valence-electron chi connectivity index (χ2n) is 7.84. The molecule has 1 unspecified atom stereocenters. The van der Waals surface area contributed by atoms with E-state index in [4.69, 9.17) is 4.74 Å². The highest BCUT2D eigenvalue weighted by atomic mass is 19.3. The molecule has 0 saturated heterocycles. The molecule has 0 radical (unpaired) electrons. The molecule has 1 N–H and O–H groups in total. The maximum atomic E-state index is 12.7. The molecule has 30 heavy (non-hydrogen) atoms. The molecule has 0 aromatic carbocycles. The fraction of sp³-hybridized carbons (Fsp3) is 0.476. The van der Waals surface area contributed by atoms with Crippen molar-refractivity contribution in [1.82, 2.24) is 19.3 Å². The molecule has 1 saturated carbocycles. The Morgan fingerprint density at radius 3 is 2.67 bits per heavy atom. The fourth-order valence-corrected chi connectivity index (χ4v) is 4.61. The molecule has 1 aliphatic carbocycles. The van der Waals surface area contributed by atoms with Gasteiger partial charge < -0.3 is 14.4 Å². The van der Waals surface area contributed by atoms with Gasteiger partial charge in [-0.1, -0.05) is 0 Å². The summed E-state index contributed by atoms with van der Waals surface area (Å²) in [6, 6.07) is 3.63. The maximum Gasteiger partial charge on any atom is 0.338 e. The van der Waals surface area contributed by atoms with Crippen LogP contribution >= 0.6 is 0 Å². The van der Waals surface area contributed by atoms with E-state index in [1.807, 2.05) is 11.5 Å². The predicted octanol–water partition coefficient (Wildman–Crippen LogP) is 4.83. The molecular formula is C21H24F2N4O3. The van der Waals surface area contributed by atoms with Crippen LogP contribution in [-0.4, -0.2) is 36.5 Å². The summed E-state index contributed by atoms with van der Waals surface area (Å²) in [5, 5.41) is 13.9. The Kier molecular flexibility index (Phi) is 5.44. The van der Waals surface area contributed by atoms with E-state index in [2.05, 4.69) is 17.0 Å². The Morgan fingerprint density at radius 1 is 1.30 bits per heavy atom. The van der Waals surface area contributed by atoms with Gasteiger partial charge in [0.25, 0.3) is 0 Å². The summed E-state index contributed by atoms with van der Waals surface area (Å²) in [4.78, 5) is 16.2. The lowest BCUT2D eigenvalue weighted by molar-refractivity contribution is 0.0556. The van der Waals surface area contributed by atoms with Gasteiger partial charge in [0.2, 0.25) is 0 Å². The van der Waals surface area contributed by atoms with Gasteiger partial charge in [-0.05, 0) is 57.6 Å². The summed E-state index contributed by atoms with van der Waals surface area (Å²) in [5.74, 6) is -0.251. The zero-order chi connectivity index (χ0) is 21.4. The van der Waals surface area contributed by atoms with E-state index >= 15 is 0 Å². The highest BCUT2D eigenvalue weighted by Crippen LogP contribution is 2.38. The van der Waals surface area contributed by atoms with E-state index in [1.54, 1.807) is 18.3 Å². The summed E-state index contributed by atoms with van der Waals surface area (Å²) in [6.07, 6.45) is 7.55. The normalized spacial score (nSPS) is 20.6. The van der Waals surface area contributed by atoms with Gasteiger partial charge >= 0.3 is 12.5 Å². The van der Waals surface area contributed by atoms with Crippen molar-refractivity contribution in [2.45, 2.75) is 58.2 Å². The van der Waals surface area contributed by atoms with Gasteiger partial charge in [-0.15, -0.1) is 0 Å². The van der Waals surface area contributed by atoms with Crippen molar-refractivity contribution >= 4 is 17.0 Å². The first-order valence-corrected chi connectivity index (χ1v) is 10.0. The monoisotopic (exact) mass is 418 g/mol. The number of fused-ring (bicyclic) bond motifs is 1. The van der Waals surface area contributed by atoms with Crippen LogP contribution in [0.5, 0.6) is 5.75 Å². The Hall–Kier alpha value is -2.97. The fourth-order valence-electron chi connectivity index (χ4n) is 4.61. The van der Waals surface area contributed by atoms with Crippen LogP contribution < -0.4 is 4.74 Å². The first kappa shape index (κ1) is 20.3. The zero-order valence-corrected chi connectivity index (χ0v) is 16.8. The van der Waals surface area contributed by atoms with Crippen molar-refractivity contribution < 1.29 is 23.4 Å². The number of carboxylic acids is 1. The summed E-state index contributed by atoms with van der Waals surface area (Å²) >= 11 is 0. The summed E-state index contributed by atoms with van der Waals surface area (Å²) in [5.41, 5.74) is 1.71. The number of nitrogens with zero attached hydrogens (tertiary/aromatic N) is 4. The van der Waals surface area contributed by atoms with Crippen molar-refractivity contribution in [1.29, 1.82) is 0 Å². The minimum Gasteiger partial charge on any atom is -0.487 e. The van der Waals surface area contributed by atoms with Crippen LogP contribution in [0.4, 0.5) is 8.78 Å². The lowest BCUT2D eigenvalue weighted by atomic mass is 9.83. The summed E-state index contributed by atoms with van der Waals surface area (Å²) < 4.78 is 33.8. The summed E-state index contributed by atoms with van der Waals surface area (Å²) in [7, 11) is 0. The average Bonchev–Trinajstić information content (AvgIpc) is 3.30. The molecule has 3 aromatic heterocycles. The van der Waals surface area contributed by atoms with E-state index in [9.17, 15) is 18.7 Å². The van der Waals surface area contributed by atoms with Gasteiger partial charge in [-0.25, -0.2) is 14.5 Å². The van der Waals surface area contributed by atoms with Crippen molar-refractivity contribution in [2.75, 3.05) is 0 Å². The van der Waals surface area contributed by atoms with Gasteiger partial charge in [0, 0.05) is 23.3 Å². The molecule has 1 fully saturated rings. The Morgan fingerprint density at radius 2 is 2.03 bits per heavy atom. The second kappa shape index (κ2) is 8.04. The third-order valence-electron chi connectivity index (χ3n) is 6.11. The average molecular weight is 418 g/mol. The highest BCUT2D eigenvalue weighted by Gasteiger charge is 2.31. The van der Waals surface area contributed by atoms with Crippen LogP contribution in [0, 0.1) is 12.8 Å². The van der Waals surface area contributed by atoms with E-state index in [1.165, 1.54) is 12.4 Å². The van der Waals surface area contributed by atoms with E-state index < -0.39 is 12.5 Å². The van der Waals surface area contributed by atoms with Crippen LogP contribution in [-0.2, 0) is 0 Å². The quantitative estimate of drug-likeness (QED) is 0.620. The number of aromatic nitrogens is 4. The lowest BCUT2D eigenvalue weighted by Gasteiger charge is -2.33. The third-order valence-corrected chi connectivity index (χ3v) is 6.11. The lowest BCUT2D eigenvalue weighted by Crippen LogP contribution is -2.28. The Bertz CT molecular complexity index is 1050. The number of pyridine rings is 1. The highest BCUT2D eigenvalue weighted by molar-refractivity contribution is 6.04. The first-order valence-electron chi connectivity index (χ1n) is 10.0. The van der Waals surface area contributed by atoms with Crippen LogP contribution in [0.1, 0.15) is 61.3 Å². The minimum atomic E-state index is -2.68. The zero-order valence-electron chi connectivity index (χ0n) is 16.8. The van der Waals surface area contributed by atoms with Crippen molar-refractivity contribution in [3.05, 3.63) is 42.0 Å². The van der Waals surface area contributed by atoms with Gasteiger partial charge in [0.1, 0.15) is 5.65 Å². The van der Waals surface area contributed by atoms with Gasteiger partial charge in [-0.3, -0.25) is 0 Å².